The Kier molecular flexibility index (Phi) is 3.00. The van der Waals surface area contributed by atoms with E-state index >= 15 is 0 Å². The standard InChI is InChI=1S/C12H12N2O2/c1-15-11-7-6-9(8-13-11)10-4-3-5-12(14-10)16-2/h3-8H,1-2H3. The zero-order valence-corrected chi connectivity index (χ0v) is 9.18. The molecule has 2 rings (SSSR count). The summed E-state index contributed by atoms with van der Waals surface area (Å²) < 4.78 is 10.1. The SMILES string of the molecule is COc1ccc(-c2cccc(OC)n2)cn1. The van der Waals surface area contributed by atoms with Gasteiger partial charge >= 0.3 is 0 Å². The van der Waals surface area contributed by atoms with Gasteiger partial charge in [0, 0.05) is 23.9 Å². The zero-order chi connectivity index (χ0) is 11.4. The number of aromatic nitrogens is 2. The highest BCUT2D eigenvalue weighted by Crippen LogP contribution is 2.20. The van der Waals surface area contributed by atoms with E-state index in [0.29, 0.717) is 11.8 Å². The van der Waals surface area contributed by atoms with Gasteiger partial charge < -0.3 is 9.47 Å². The highest BCUT2D eigenvalue weighted by atomic mass is 16.5. The van der Waals surface area contributed by atoms with Gasteiger partial charge in [0.25, 0.3) is 0 Å². The number of ether oxygens (including phenoxy) is 2. The lowest BCUT2D eigenvalue weighted by Crippen LogP contribution is -1.91. The normalized spacial score (nSPS) is 9.88. The Morgan fingerprint density at radius 1 is 0.938 bits per heavy atom. The molecular weight excluding hydrogens is 204 g/mol. The minimum atomic E-state index is 0.589. The fourth-order valence-electron chi connectivity index (χ4n) is 1.34. The van der Waals surface area contributed by atoms with Gasteiger partial charge in [-0.15, -0.1) is 0 Å². The second-order valence-corrected chi connectivity index (χ2v) is 3.15. The van der Waals surface area contributed by atoms with E-state index in [4.69, 9.17) is 9.47 Å². The Labute approximate surface area is 93.9 Å². The van der Waals surface area contributed by atoms with Crippen LogP contribution in [0.1, 0.15) is 0 Å². The summed E-state index contributed by atoms with van der Waals surface area (Å²) in [5.74, 6) is 1.18. The maximum absolute atomic E-state index is 5.07. The molecule has 2 heterocycles. The van der Waals surface area contributed by atoms with Crippen molar-refractivity contribution in [1.29, 1.82) is 0 Å². The molecular formula is C12H12N2O2. The summed E-state index contributed by atoms with van der Waals surface area (Å²) in [5.41, 5.74) is 1.76. The van der Waals surface area contributed by atoms with Crippen LogP contribution in [0.15, 0.2) is 36.5 Å². The van der Waals surface area contributed by atoms with Crippen LogP contribution >= 0.6 is 0 Å². The van der Waals surface area contributed by atoms with E-state index in [2.05, 4.69) is 9.97 Å². The summed E-state index contributed by atoms with van der Waals surface area (Å²) in [5, 5.41) is 0. The molecule has 2 aromatic rings. The molecule has 4 heteroatoms. The van der Waals surface area contributed by atoms with E-state index in [-0.39, 0.29) is 0 Å². The molecule has 0 radical (unpaired) electrons. The first-order valence-corrected chi connectivity index (χ1v) is 4.85. The predicted molar refractivity (Wildman–Crippen MR) is 60.6 cm³/mol. The Morgan fingerprint density at radius 3 is 2.38 bits per heavy atom. The fraction of sp³-hybridized carbons (Fsp3) is 0.167. The van der Waals surface area contributed by atoms with Crippen LogP contribution in [0.5, 0.6) is 11.8 Å². The van der Waals surface area contributed by atoms with Crippen LogP contribution in [0.4, 0.5) is 0 Å². The summed E-state index contributed by atoms with van der Waals surface area (Å²) >= 11 is 0. The van der Waals surface area contributed by atoms with Gasteiger partial charge in [-0.2, -0.15) is 0 Å². The topological polar surface area (TPSA) is 44.2 Å². The molecule has 0 bridgehead atoms. The number of hydrogen-bond donors (Lipinski definition) is 0. The highest BCUT2D eigenvalue weighted by molar-refractivity contribution is 5.58. The molecule has 0 spiro atoms. The van der Waals surface area contributed by atoms with Crippen molar-refractivity contribution in [2.45, 2.75) is 0 Å². The van der Waals surface area contributed by atoms with Gasteiger partial charge in [0.15, 0.2) is 0 Å². The average Bonchev–Trinajstić information content (AvgIpc) is 2.39. The van der Waals surface area contributed by atoms with Gasteiger partial charge in [0.1, 0.15) is 0 Å². The molecule has 0 saturated heterocycles. The first-order valence-electron chi connectivity index (χ1n) is 4.85. The van der Waals surface area contributed by atoms with E-state index in [1.54, 1.807) is 32.5 Å². The number of hydrogen-bond acceptors (Lipinski definition) is 4. The second kappa shape index (κ2) is 4.61. The maximum Gasteiger partial charge on any atom is 0.213 e. The van der Waals surface area contributed by atoms with E-state index in [1.165, 1.54) is 0 Å². The molecule has 0 N–H and O–H groups in total. The molecule has 16 heavy (non-hydrogen) atoms. The van der Waals surface area contributed by atoms with Gasteiger partial charge in [-0.25, -0.2) is 9.97 Å². The lowest BCUT2D eigenvalue weighted by Gasteiger charge is -2.04. The van der Waals surface area contributed by atoms with Gasteiger partial charge in [0.05, 0.1) is 19.9 Å². The van der Waals surface area contributed by atoms with Crippen LogP contribution in [0.25, 0.3) is 11.3 Å². The predicted octanol–water partition coefficient (Wildman–Crippen LogP) is 2.16. The first-order chi connectivity index (χ1) is 7.83. The van der Waals surface area contributed by atoms with Crippen molar-refractivity contribution >= 4 is 0 Å². The molecule has 0 atom stereocenters. The molecule has 2 aromatic heterocycles. The largest absolute Gasteiger partial charge is 0.481 e. The van der Waals surface area contributed by atoms with Crippen molar-refractivity contribution in [3.05, 3.63) is 36.5 Å². The lowest BCUT2D eigenvalue weighted by molar-refractivity contribution is 0.397. The van der Waals surface area contributed by atoms with Crippen molar-refractivity contribution in [1.82, 2.24) is 9.97 Å². The smallest absolute Gasteiger partial charge is 0.213 e. The monoisotopic (exact) mass is 216 g/mol. The quantitative estimate of drug-likeness (QED) is 0.788. The van der Waals surface area contributed by atoms with Crippen molar-refractivity contribution in [2.75, 3.05) is 14.2 Å². The molecule has 4 nitrogen and oxygen atoms in total. The van der Waals surface area contributed by atoms with Gasteiger partial charge in [0.2, 0.25) is 11.8 Å². The molecule has 82 valence electrons. The third-order valence-electron chi connectivity index (χ3n) is 2.17. The van der Waals surface area contributed by atoms with E-state index in [0.717, 1.165) is 11.3 Å². The van der Waals surface area contributed by atoms with Gasteiger partial charge in [-0.3, -0.25) is 0 Å². The maximum atomic E-state index is 5.07. The lowest BCUT2D eigenvalue weighted by atomic mass is 10.2. The summed E-state index contributed by atoms with van der Waals surface area (Å²) in [7, 11) is 3.18. The number of nitrogens with zero attached hydrogens (tertiary/aromatic N) is 2. The molecule has 0 aliphatic carbocycles. The summed E-state index contributed by atoms with van der Waals surface area (Å²) in [6.07, 6.45) is 1.72. The Morgan fingerprint density at radius 2 is 1.75 bits per heavy atom. The van der Waals surface area contributed by atoms with Crippen molar-refractivity contribution < 1.29 is 9.47 Å². The van der Waals surface area contributed by atoms with Crippen LogP contribution in [-0.4, -0.2) is 24.2 Å². The van der Waals surface area contributed by atoms with Crippen LogP contribution < -0.4 is 9.47 Å². The molecule has 0 amide bonds. The molecule has 0 unspecified atom stereocenters. The Hall–Kier alpha value is -2.10. The number of pyridine rings is 2. The van der Waals surface area contributed by atoms with Crippen LogP contribution in [-0.2, 0) is 0 Å². The highest BCUT2D eigenvalue weighted by Gasteiger charge is 2.02. The first kappa shape index (κ1) is 10.4. The third-order valence-corrected chi connectivity index (χ3v) is 2.17. The van der Waals surface area contributed by atoms with Gasteiger partial charge in [-0.1, -0.05) is 6.07 Å². The molecule has 0 saturated carbocycles. The number of methoxy groups -OCH3 is 2. The summed E-state index contributed by atoms with van der Waals surface area (Å²) in [4.78, 5) is 8.44. The van der Waals surface area contributed by atoms with E-state index in [1.807, 2.05) is 18.2 Å². The third kappa shape index (κ3) is 2.11. The van der Waals surface area contributed by atoms with E-state index < -0.39 is 0 Å². The molecule has 0 aromatic carbocycles. The summed E-state index contributed by atoms with van der Waals surface area (Å²) in [6, 6.07) is 9.32. The minimum Gasteiger partial charge on any atom is -0.481 e. The molecule has 0 fully saturated rings. The molecule has 0 aliphatic heterocycles. The molecule has 0 aliphatic rings. The second-order valence-electron chi connectivity index (χ2n) is 3.15. The van der Waals surface area contributed by atoms with Crippen LogP contribution in [0.3, 0.4) is 0 Å². The van der Waals surface area contributed by atoms with Crippen LogP contribution in [0, 0.1) is 0 Å². The Bertz CT molecular complexity index is 469. The van der Waals surface area contributed by atoms with E-state index in [9.17, 15) is 0 Å². The van der Waals surface area contributed by atoms with Crippen LogP contribution in [0.2, 0.25) is 0 Å². The number of rotatable bonds is 3. The minimum absolute atomic E-state index is 0.589. The zero-order valence-electron chi connectivity index (χ0n) is 9.18. The van der Waals surface area contributed by atoms with Gasteiger partial charge in [-0.05, 0) is 12.1 Å². The Balaban J connectivity index is 2.34. The average molecular weight is 216 g/mol. The summed E-state index contributed by atoms with van der Waals surface area (Å²) in [6.45, 7) is 0. The van der Waals surface area contributed by atoms with Crippen molar-refractivity contribution in [2.24, 2.45) is 0 Å². The fourth-order valence-corrected chi connectivity index (χ4v) is 1.34. The van der Waals surface area contributed by atoms with Crippen molar-refractivity contribution in [3.8, 4) is 23.0 Å². The van der Waals surface area contributed by atoms with Crippen molar-refractivity contribution in [3.63, 3.8) is 0 Å².